The highest BCUT2D eigenvalue weighted by Gasteiger charge is 2.22. The summed E-state index contributed by atoms with van der Waals surface area (Å²) < 4.78 is 37.0. The number of rotatable bonds is 2. The van der Waals surface area contributed by atoms with E-state index < -0.39 is 15.7 Å². The van der Waals surface area contributed by atoms with Crippen LogP contribution in [0.1, 0.15) is 12.0 Å². The summed E-state index contributed by atoms with van der Waals surface area (Å²) in [6.07, 6.45) is 1.99. The second-order valence-corrected chi connectivity index (χ2v) is 6.80. The van der Waals surface area contributed by atoms with Crippen molar-refractivity contribution in [2.24, 2.45) is 0 Å². The highest BCUT2D eigenvalue weighted by molar-refractivity contribution is 7.91. The third-order valence-corrected chi connectivity index (χ3v) is 4.95. The molecule has 0 saturated carbocycles. The highest BCUT2D eigenvalue weighted by Crippen LogP contribution is 2.22. The van der Waals surface area contributed by atoms with E-state index in [9.17, 15) is 12.8 Å². The zero-order valence-electron chi connectivity index (χ0n) is 9.77. The minimum atomic E-state index is -3.01. The summed E-state index contributed by atoms with van der Waals surface area (Å²) in [6.45, 7) is 0.771. The third-order valence-electron chi connectivity index (χ3n) is 2.95. The van der Waals surface area contributed by atoms with Crippen molar-refractivity contribution in [3.63, 3.8) is 0 Å². The van der Waals surface area contributed by atoms with Gasteiger partial charge >= 0.3 is 0 Å². The van der Waals surface area contributed by atoms with Crippen LogP contribution in [0.3, 0.4) is 0 Å². The molecule has 1 aromatic rings. The molecular weight excluding hydrogens is 279 g/mol. The van der Waals surface area contributed by atoms with Crippen LogP contribution >= 0.6 is 11.6 Å². The van der Waals surface area contributed by atoms with Gasteiger partial charge in [-0.3, -0.25) is 0 Å². The van der Waals surface area contributed by atoms with Gasteiger partial charge in [-0.15, -0.1) is 11.6 Å². The first-order valence-corrected chi connectivity index (χ1v) is 8.04. The molecule has 0 spiro atoms. The van der Waals surface area contributed by atoms with E-state index in [4.69, 9.17) is 11.6 Å². The molecule has 1 aliphatic heterocycles. The number of hydrogen-bond acceptors (Lipinski definition) is 4. The van der Waals surface area contributed by atoms with Crippen molar-refractivity contribution in [1.29, 1.82) is 0 Å². The van der Waals surface area contributed by atoms with Gasteiger partial charge in [0.1, 0.15) is 0 Å². The van der Waals surface area contributed by atoms with Crippen molar-refractivity contribution in [1.82, 2.24) is 4.98 Å². The van der Waals surface area contributed by atoms with E-state index in [0.29, 0.717) is 18.5 Å². The number of sulfone groups is 1. The Morgan fingerprint density at radius 2 is 2.17 bits per heavy atom. The molecule has 1 aromatic heterocycles. The maximum absolute atomic E-state index is 14.0. The van der Waals surface area contributed by atoms with E-state index in [1.54, 1.807) is 4.90 Å². The topological polar surface area (TPSA) is 50.3 Å². The van der Waals surface area contributed by atoms with Crippen molar-refractivity contribution in [2.45, 2.75) is 12.3 Å². The molecule has 2 rings (SSSR count). The lowest BCUT2D eigenvalue weighted by Gasteiger charge is -2.21. The number of pyridine rings is 1. The quantitative estimate of drug-likeness (QED) is 0.777. The molecule has 0 unspecified atom stereocenters. The molecule has 2 heterocycles. The molecule has 100 valence electrons. The minimum absolute atomic E-state index is 0.0409. The first kappa shape index (κ1) is 13.5. The molecule has 0 atom stereocenters. The molecular formula is C11H14ClFN2O2S. The van der Waals surface area contributed by atoms with Crippen LogP contribution in [0.5, 0.6) is 0 Å². The summed E-state index contributed by atoms with van der Waals surface area (Å²) in [5.41, 5.74) is 0.383. The first-order chi connectivity index (χ1) is 8.53. The van der Waals surface area contributed by atoms with Crippen molar-refractivity contribution in [2.75, 3.05) is 29.5 Å². The lowest BCUT2D eigenvalue weighted by Crippen LogP contribution is -2.28. The Morgan fingerprint density at radius 1 is 1.39 bits per heavy atom. The standard InChI is InChI=1S/C11H14ClFN2O2S/c12-8-9-2-3-14-11(10(9)13)15-4-1-6-18(16,17)7-5-15/h2-3H,1,4-8H2. The van der Waals surface area contributed by atoms with Crippen LogP contribution in [0.25, 0.3) is 0 Å². The molecule has 7 heteroatoms. The van der Waals surface area contributed by atoms with Crippen LogP contribution in [0.15, 0.2) is 12.3 Å². The molecule has 0 radical (unpaired) electrons. The van der Waals surface area contributed by atoms with Crippen molar-refractivity contribution in [3.05, 3.63) is 23.6 Å². The lowest BCUT2D eigenvalue weighted by molar-refractivity contribution is 0.595. The summed E-state index contributed by atoms with van der Waals surface area (Å²) in [5, 5.41) is 0. The number of hydrogen-bond donors (Lipinski definition) is 0. The molecule has 0 aliphatic carbocycles. The Labute approximate surface area is 111 Å². The Kier molecular flexibility index (Phi) is 4.07. The predicted octanol–water partition coefficient (Wildman–Crippen LogP) is 1.58. The Bertz CT molecular complexity index is 536. The SMILES string of the molecule is O=S1(=O)CCCN(c2nccc(CCl)c2F)CC1. The number of nitrogens with zero attached hydrogens (tertiary/aromatic N) is 2. The van der Waals surface area contributed by atoms with Crippen molar-refractivity contribution < 1.29 is 12.8 Å². The van der Waals surface area contributed by atoms with Gasteiger partial charge in [0.25, 0.3) is 0 Å². The van der Waals surface area contributed by atoms with Crippen LogP contribution < -0.4 is 4.90 Å². The van der Waals surface area contributed by atoms with E-state index >= 15 is 0 Å². The summed E-state index contributed by atoms with van der Waals surface area (Å²) in [4.78, 5) is 5.67. The molecule has 0 aromatic carbocycles. The number of alkyl halides is 1. The number of halogens is 2. The van der Waals surface area contributed by atoms with Gasteiger partial charge in [-0.2, -0.15) is 0 Å². The van der Waals surface area contributed by atoms with Gasteiger partial charge in [-0.25, -0.2) is 17.8 Å². The van der Waals surface area contributed by atoms with Crippen molar-refractivity contribution in [3.8, 4) is 0 Å². The van der Waals surface area contributed by atoms with Gasteiger partial charge in [0.15, 0.2) is 21.5 Å². The van der Waals surface area contributed by atoms with Crippen LogP contribution in [0.2, 0.25) is 0 Å². The summed E-state index contributed by atoms with van der Waals surface area (Å²) in [7, 11) is -3.01. The monoisotopic (exact) mass is 292 g/mol. The van der Waals surface area contributed by atoms with E-state index in [1.165, 1.54) is 12.3 Å². The normalized spacial score (nSPS) is 19.6. The highest BCUT2D eigenvalue weighted by atomic mass is 35.5. The number of aromatic nitrogens is 1. The first-order valence-electron chi connectivity index (χ1n) is 5.68. The fraction of sp³-hybridized carbons (Fsp3) is 0.545. The molecule has 0 N–H and O–H groups in total. The predicted molar refractivity (Wildman–Crippen MR) is 69.2 cm³/mol. The van der Waals surface area contributed by atoms with Gasteiger partial charge in [0.2, 0.25) is 0 Å². The maximum atomic E-state index is 14.0. The molecule has 0 bridgehead atoms. The average Bonchev–Trinajstić information content (AvgIpc) is 2.51. The second kappa shape index (κ2) is 5.40. The fourth-order valence-corrected chi connectivity index (χ4v) is 3.42. The van der Waals surface area contributed by atoms with E-state index in [-0.39, 0.29) is 29.7 Å². The van der Waals surface area contributed by atoms with Crippen LogP contribution in [0.4, 0.5) is 10.2 Å². The van der Waals surface area contributed by atoms with Crippen molar-refractivity contribution >= 4 is 27.3 Å². The molecule has 1 saturated heterocycles. The van der Waals surface area contributed by atoms with Gasteiger partial charge < -0.3 is 4.90 Å². The Balaban J connectivity index is 2.26. The Morgan fingerprint density at radius 3 is 2.89 bits per heavy atom. The van der Waals surface area contributed by atoms with Crippen LogP contribution in [-0.4, -0.2) is 38.0 Å². The van der Waals surface area contributed by atoms with Crippen LogP contribution in [-0.2, 0) is 15.7 Å². The lowest BCUT2D eigenvalue weighted by atomic mass is 10.2. The van der Waals surface area contributed by atoms with Gasteiger partial charge in [0, 0.05) is 24.8 Å². The van der Waals surface area contributed by atoms with Gasteiger partial charge in [0.05, 0.1) is 17.4 Å². The van der Waals surface area contributed by atoms with E-state index in [0.717, 1.165) is 0 Å². The zero-order chi connectivity index (χ0) is 13.2. The minimum Gasteiger partial charge on any atom is -0.353 e. The maximum Gasteiger partial charge on any atom is 0.170 e. The fourth-order valence-electron chi connectivity index (χ4n) is 1.95. The molecule has 1 aliphatic rings. The zero-order valence-corrected chi connectivity index (χ0v) is 11.3. The Hall–Kier alpha value is -0.880. The summed E-state index contributed by atoms with van der Waals surface area (Å²) in [6, 6.07) is 1.53. The summed E-state index contributed by atoms with van der Waals surface area (Å²) in [5.74, 6) is 0.0181. The molecule has 18 heavy (non-hydrogen) atoms. The number of anilines is 1. The molecule has 0 amide bonds. The average molecular weight is 293 g/mol. The van der Waals surface area contributed by atoms with Crippen LogP contribution in [0, 0.1) is 5.82 Å². The largest absolute Gasteiger partial charge is 0.353 e. The van der Waals surface area contributed by atoms with Gasteiger partial charge in [-0.1, -0.05) is 0 Å². The van der Waals surface area contributed by atoms with E-state index in [1.807, 2.05) is 0 Å². The third kappa shape index (κ3) is 2.92. The summed E-state index contributed by atoms with van der Waals surface area (Å²) >= 11 is 5.64. The smallest absolute Gasteiger partial charge is 0.170 e. The second-order valence-electron chi connectivity index (χ2n) is 4.23. The van der Waals surface area contributed by atoms with Gasteiger partial charge in [-0.05, 0) is 12.5 Å². The van der Waals surface area contributed by atoms with E-state index in [2.05, 4.69) is 4.98 Å². The molecule has 4 nitrogen and oxygen atoms in total. The molecule has 1 fully saturated rings.